The Labute approximate surface area is 127 Å². The Hall–Kier alpha value is -1.22. The van der Waals surface area contributed by atoms with E-state index in [4.69, 9.17) is 16.3 Å². The van der Waals surface area contributed by atoms with E-state index in [0.717, 1.165) is 12.1 Å². The number of halogens is 1. The summed E-state index contributed by atoms with van der Waals surface area (Å²) >= 11 is 5.79. The minimum absolute atomic E-state index is 0.138. The van der Waals surface area contributed by atoms with Crippen LogP contribution in [0, 0.1) is 10.1 Å². The molecule has 0 radical (unpaired) electrons. The minimum atomic E-state index is -3.98. The summed E-state index contributed by atoms with van der Waals surface area (Å²) in [7, 11) is -3.98. The van der Waals surface area contributed by atoms with E-state index in [0.29, 0.717) is 6.42 Å². The first-order valence-corrected chi connectivity index (χ1v) is 8.23. The Morgan fingerprint density at radius 2 is 2.24 bits per heavy atom. The van der Waals surface area contributed by atoms with E-state index in [1.54, 1.807) is 0 Å². The zero-order chi connectivity index (χ0) is 15.6. The molecule has 0 bridgehead atoms. The number of nitro groups is 1. The topological polar surface area (TPSA) is 89.8 Å². The normalized spacial score (nSPS) is 20.4. The largest absolute Gasteiger partial charge is 0.375 e. The van der Waals surface area contributed by atoms with Crippen LogP contribution in [0.3, 0.4) is 0 Å². The number of hydrogen-bond acceptors (Lipinski definition) is 5. The lowest BCUT2D eigenvalue weighted by atomic mass is 10.2. The zero-order valence-corrected chi connectivity index (χ0v) is 12.9. The molecule has 21 heavy (non-hydrogen) atoms. The van der Waals surface area contributed by atoms with Crippen LogP contribution in [0.5, 0.6) is 0 Å². The first-order chi connectivity index (χ1) is 9.86. The predicted octanol–water partition coefficient (Wildman–Crippen LogP) is 2.05. The van der Waals surface area contributed by atoms with Gasteiger partial charge in [-0.15, -0.1) is 0 Å². The molecule has 0 aromatic heterocycles. The molecule has 1 aliphatic heterocycles. The molecule has 1 aromatic rings. The van der Waals surface area contributed by atoms with Gasteiger partial charge in [0.25, 0.3) is 5.69 Å². The van der Waals surface area contributed by atoms with Gasteiger partial charge in [0, 0.05) is 24.2 Å². The summed E-state index contributed by atoms with van der Waals surface area (Å²) in [4.78, 5) is 9.94. The van der Waals surface area contributed by atoms with Crippen LogP contribution in [-0.4, -0.2) is 43.4 Å². The van der Waals surface area contributed by atoms with Crippen LogP contribution in [0.4, 0.5) is 5.69 Å². The lowest BCUT2D eigenvalue weighted by Gasteiger charge is -2.31. The van der Waals surface area contributed by atoms with Gasteiger partial charge in [-0.05, 0) is 18.6 Å². The van der Waals surface area contributed by atoms with Crippen molar-refractivity contribution in [3.63, 3.8) is 0 Å². The molecule has 0 amide bonds. The Balaban J connectivity index is 2.44. The highest BCUT2D eigenvalue weighted by atomic mass is 35.5. The van der Waals surface area contributed by atoms with Gasteiger partial charge >= 0.3 is 0 Å². The quantitative estimate of drug-likeness (QED) is 0.621. The lowest BCUT2D eigenvalue weighted by Crippen LogP contribution is -2.45. The van der Waals surface area contributed by atoms with E-state index < -0.39 is 20.6 Å². The van der Waals surface area contributed by atoms with Crippen molar-refractivity contribution in [1.29, 1.82) is 0 Å². The van der Waals surface area contributed by atoms with Crippen molar-refractivity contribution in [2.45, 2.75) is 24.3 Å². The van der Waals surface area contributed by atoms with Crippen molar-refractivity contribution >= 4 is 27.3 Å². The van der Waals surface area contributed by atoms with Crippen LogP contribution in [0.25, 0.3) is 0 Å². The molecule has 0 aliphatic carbocycles. The van der Waals surface area contributed by atoms with Crippen molar-refractivity contribution in [2.24, 2.45) is 0 Å². The molecule has 1 aromatic carbocycles. The smallest absolute Gasteiger partial charge is 0.289 e. The standard InChI is InChI=1S/C12H15ClN2O5S/c1-2-10-8-14(5-6-20-10)21(18,19)12-7-9(13)3-4-11(12)15(16)17/h3-4,7,10H,2,5-6,8H2,1H3. The summed E-state index contributed by atoms with van der Waals surface area (Å²) in [6, 6.07) is 3.52. The van der Waals surface area contributed by atoms with Crippen molar-refractivity contribution in [3.05, 3.63) is 33.3 Å². The fraction of sp³-hybridized carbons (Fsp3) is 0.500. The van der Waals surface area contributed by atoms with Crippen LogP contribution in [0.1, 0.15) is 13.3 Å². The maximum atomic E-state index is 12.6. The van der Waals surface area contributed by atoms with Crippen LogP contribution < -0.4 is 0 Å². The molecule has 2 rings (SSSR count). The number of nitro benzene ring substituents is 1. The second kappa shape index (κ2) is 6.27. The second-order valence-electron chi connectivity index (χ2n) is 4.63. The van der Waals surface area contributed by atoms with Gasteiger partial charge in [-0.3, -0.25) is 10.1 Å². The fourth-order valence-corrected chi connectivity index (χ4v) is 4.02. The van der Waals surface area contributed by atoms with E-state index in [2.05, 4.69) is 0 Å². The van der Waals surface area contributed by atoms with Crippen LogP contribution in [0.15, 0.2) is 23.1 Å². The highest BCUT2D eigenvalue weighted by Gasteiger charge is 2.35. The number of ether oxygens (including phenoxy) is 1. The molecule has 7 nitrogen and oxygen atoms in total. The molecule has 116 valence electrons. The third-order valence-corrected chi connectivity index (χ3v) is 5.42. The summed E-state index contributed by atoms with van der Waals surface area (Å²) in [5.74, 6) is 0. The molecular weight excluding hydrogens is 320 g/mol. The van der Waals surface area contributed by atoms with Gasteiger partial charge in [0.05, 0.1) is 17.6 Å². The van der Waals surface area contributed by atoms with Gasteiger partial charge < -0.3 is 4.74 Å². The molecule has 0 saturated carbocycles. The van der Waals surface area contributed by atoms with Gasteiger partial charge in [0.15, 0.2) is 4.90 Å². The SMILES string of the molecule is CCC1CN(S(=O)(=O)c2cc(Cl)ccc2[N+](=O)[O-])CCO1. The van der Waals surface area contributed by atoms with Gasteiger partial charge in [0.1, 0.15) is 0 Å². The Kier molecular flexibility index (Phi) is 4.82. The molecule has 1 aliphatic rings. The summed E-state index contributed by atoms with van der Waals surface area (Å²) < 4.78 is 31.9. The molecule has 1 atom stereocenters. The van der Waals surface area contributed by atoms with E-state index in [1.807, 2.05) is 6.92 Å². The number of sulfonamides is 1. The molecule has 1 fully saturated rings. The lowest BCUT2D eigenvalue weighted by molar-refractivity contribution is -0.387. The first kappa shape index (κ1) is 16.2. The number of nitrogens with zero attached hydrogens (tertiary/aromatic N) is 2. The molecule has 9 heteroatoms. The number of morpholine rings is 1. The van der Waals surface area contributed by atoms with E-state index in [9.17, 15) is 18.5 Å². The van der Waals surface area contributed by atoms with Crippen molar-refractivity contribution in [1.82, 2.24) is 4.31 Å². The van der Waals surface area contributed by atoms with Crippen LogP contribution in [-0.2, 0) is 14.8 Å². The predicted molar refractivity (Wildman–Crippen MR) is 76.9 cm³/mol. The van der Waals surface area contributed by atoms with Crippen LogP contribution in [0.2, 0.25) is 5.02 Å². The fourth-order valence-electron chi connectivity index (χ4n) is 2.14. The Bertz CT molecular complexity index is 649. The zero-order valence-electron chi connectivity index (χ0n) is 11.4. The van der Waals surface area contributed by atoms with Gasteiger partial charge in [-0.25, -0.2) is 8.42 Å². The third-order valence-electron chi connectivity index (χ3n) is 3.29. The second-order valence-corrected chi connectivity index (χ2v) is 6.98. The summed E-state index contributed by atoms with van der Waals surface area (Å²) in [5, 5.41) is 11.2. The first-order valence-electron chi connectivity index (χ1n) is 6.42. The molecule has 1 heterocycles. The molecule has 1 saturated heterocycles. The number of rotatable bonds is 4. The summed E-state index contributed by atoms with van der Waals surface area (Å²) in [5.41, 5.74) is -0.473. The minimum Gasteiger partial charge on any atom is -0.375 e. The van der Waals surface area contributed by atoms with Gasteiger partial charge in [0.2, 0.25) is 10.0 Å². The van der Waals surface area contributed by atoms with Crippen molar-refractivity contribution in [3.8, 4) is 0 Å². The highest BCUT2D eigenvalue weighted by molar-refractivity contribution is 7.89. The van der Waals surface area contributed by atoms with Gasteiger partial charge in [-0.2, -0.15) is 4.31 Å². The van der Waals surface area contributed by atoms with E-state index >= 15 is 0 Å². The Morgan fingerprint density at radius 3 is 2.86 bits per heavy atom. The molecule has 0 N–H and O–H groups in total. The summed E-state index contributed by atoms with van der Waals surface area (Å²) in [6.07, 6.45) is 0.468. The molecule has 0 spiro atoms. The average Bonchev–Trinajstić information content (AvgIpc) is 2.46. The van der Waals surface area contributed by atoms with Gasteiger partial charge in [-0.1, -0.05) is 18.5 Å². The Morgan fingerprint density at radius 1 is 1.52 bits per heavy atom. The average molecular weight is 335 g/mol. The number of hydrogen-bond donors (Lipinski definition) is 0. The maximum Gasteiger partial charge on any atom is 0.289 e. The molecule has 1 unspecified atom stereocenters. The highest BCUT2D eigenvalue weighted by Crippen LogP contribution is 2.30. The van der Waals surface area contributed by atoms with E-state index in [-0.39, 0.29) is 35.7 Å². The third kappa shape index (κ3) is 3.34. The molecular formula is C12H15ClN2O5S. The monoisotopic (exact) mass is 334 g/mol. The van der Waals surface area contributed by atoms with Crippen molar-refractivity contribution < 1.29 is 18.1 Å². The van der Waals surface area contributed by atoms with Crippen LogP contribution >= 0.6 is 11.6 Å². The summed E-state index contributed by atoms with van der Waals surface area (Å²) in [6.45, 7) is 2.51. The van der Waals surface area contributed by atoms with E-state index in [1.165, 1.54) is 10.4 Å². The van der Waals surface area contributed by atoms with Crippen molar-refractivity contribution in [2.75, 3.05) is 19.7 Å². The number of benzene rings is 1. The maximum absolute atomic E-state index is 12.6.